The molecule has 0 bridgehead atoms. The number of hydrogen-bond donors (Lipinski definition) is 1. The zero-order chi connectivity index (χ0) is 9.26. The summed E-state index contributed by atoms with van der Waals surface area (Å²) in [6, 6.07) is 3.72. The van der Waals surface area contributed by atoms with Gasteiger partial charge in [-0.1, -0.05) is 0 Å². The summed E-state index contributed by atoms with van der Waals surface area (Å²) in [7, 11) is 0. The second-order valence-electron chi connectivity index (χ2n) is 3.20. The molecule has 0 aromatic heterocycles. The van der Waals surface area contributed by atoms with Gasteiger partial charge in [-0.3, -0.25) is 0 Å². The molecule has 1 atom stereocenters. The van der Waals surface area contributed by atoms with E-state index >= 15 is 0 Å². The van der Waals surface area contributed by atoms with Crippen molar-refractivity contribution in [3.8, 4) is 0 Å². The highest BCUT2D eigenvalue weighted by molar-refractivity contribution is 5.22. The fourth-order valence-electron chi connectivity index (χ4n) is 1.60. The first-order chi connectivity index (χ1) is 6.25. The van der Waals surface area contributed by atoms with Gasteiger partial charge in [0.1, 0.15) is 11.6 Å². The molecule has 1 aromatic rings. The van der Waals surface area contributed by atoms with Crippen molar-refractivity contribution < 1.29 is 8.78 Å². The van der Waals surface area contributed by atoms with E-state index in [9.17, 15) is 8.78 Å². The Hall–Kier alpha value is -0.960. The van der Waals surface area contributed by atoms with Gasteiger partial charge in [0.15, 0.2) is 0 Å². The van der Waals surface area contributed by atoms with Crippen LogP contribution in [0.4, 0.5) is 8.78 Å². The van der Waals surface area contributed by atoms with E-state index in [-0.39, 0.29) is 6.04 Å². The lowest BCUT2D eigenvalue weighted by Crippen LogP contribution is -2.10. The van der Waals surface area contributed by atoms with E-state index in [4.69, 9.17) is 0 Å². The van der Waals surface area contributed by atoms with E-state index in [0.29, 0.717) is 5.56 Å². The van der Waals surface area contributed by atoms with E-state index in [1.807, 2.05) is 6.54 Å². The van der Waals surface area contributed by atoms with Gasteiger partial charge in [-0.05, 0) is 30.5 Å². The van der Waals surface area contributed by atoms with Crippen LogP contribution in [0.5, 0.6) is 0 Å². The number of nitrogens with one attached hydrogen (secondary N) is 1. The van der Waals surface area contributed by atoms with E-state index in [2.05, 4.69) is 5.32 Å². The first kappa shape index (κ1) is 8.63. The van der Waals surface area contributed by atoms with Crippen LogP contribution < -0.4 is 5.32 Å². The molecule has 1 radical (unpaired) electrons. The molecule has 1 aromatic carbocycles. The molecule has 3 heteroatoms. The van der Waals surface area contributed by atoms with Crippen LogP contribution in [0.15, 0.2) is 18.2 Å². The summed E-state index contributed by atoms with van der Waals surface area (Å²) in [5.41, 5.74) is 0.686. The second kappa shape index (κ2) is 3.42. The zero-order valence-electron chi connectivity index (χ0n) is 7.06. The van der Waals surface area contributed by atoms with Gasteiger partial charge in [-0.2, -0.15) is 0 Å². The largest absolute Gasteiger partial charge is 0.306 e. The quantitative estimate of drug-likeness (QED) is 0.703. The zero-order valence-corrected chi connectivity index (χ0v) is 7.06. The Labute approximate surface area is 75.8 Å². The highest BCUT2D eigenvalue weighted by Gasteiger charge is 2.17. The van der Waals surface area contributed by atoms with Gasteiger partial charge in [-0.25, -0.2) is 8.78 Å². The van der Waals surface area contributed by atoms with Crippen LogP contribution in [0.3, 0.4) is 0 Å². The summed E-state index contributed by atoms with van der Waals surface area (Å²) in [4.78, 5) is 0. The summed E-state index contributed by atoms with van der Waals surface area (Å²) < 4.78 is 25.6. The molecule has 1 nitrogen and oxygen atoms in total. The molecule has 1 fully saturated rings. The summed E-state index contributed by atoms with van der Waals surface area (Å²) in [5, 5.41) is 3.07. The number of halogens is 2. The SMILES string of the molecule is Fc1cc(F)cc([C@H]2CC[CH]N2)c1. The van der Waals surface area contributed by atoms with E-state index in [1.165, 1.54) is 12.1 Å². The van der Waals surface area contributed by atoms with Crippen molar-refractivity contribution in [1.82, 2.24) is 5.32 Å². The lowest BCUT2D eigenvalue weighted by atomic mass is 10.1. The van der Waals surface area contributed by atoms with Crippen LogP contribution in [0.1, 0.15) is 24.4 Å². The highest BCUT2D eigenvalue weighted by Crippen LogP contribution is 2.25. The van der Waals surface area contributed by atoms with Crippen molar-refractivity contribution in [2.75, 3.05) is 0 Å². The molecule has 0 amide bonds. The maximum absolute atomic E-state index is 12.8. The monoisotopic (exact) mass is 182 g/mol. The molecule has 0 unspecified atom stereocenters. The van der Waals surface area contributed by atoms with Crippen molar-refractivity contribution in [2.45, 2.75) is 18.9 Å². The van der Waals surface area contributed by atoms with Crippen molar-refractivity contribution in [3.63, 3.8) is 0 Å². The average molecular weight is 182 g/mol. The van der Waals surface area contributed by atoms with Gasteiger partial charge < -0.3 is 5.32 Å². The first-order valence-electron chi connectivity index (χ1n) is 4.29. The van der Waals surface area contributed by atoms with Crippen LogP contribution in [-0.2, 0) is 0 Å². The molecule has 69 valence electrons. The van der Waals surface area contributed by atoms with E-state index in [0.717, 1.165) is 18.9 Å². The first-order valence-corrected chi connectivity index (χ1v) is 4.29. The minimum Gasteiger partial charge on any atom is -0.306 e. The smallest absolute Gasteiger partial charge is 0.126 e. The molecular formula is C10H10F2N. The molecule has 1 heterocycles. The Kier molecular flexibility index (Phi) is 2.27. The Balaban J connectivity index is 2.28. The summed E-state index contributed by atoms with van der Waals surface area (Å²) in [5.74, 6) is -1.02. The maximum atomic E-state index is 12.8. The van der Waals surface area contributed by atoms with Gasteiger partial charge in [0.05, 0.1) is 0 Å². The highest BCUT2D eigenvalue weighted by atomic mass is 19.1. The molecule has 0 aliphatic carbocycles. The topological polar surface area (TPSA) is 12.0 Å². The molecule has 1 N–H and O–H groups in total. The molecule has 0 spiro atoms. The van der Waals surface area contributed by atoms with Crippen LogP contribution in [-0.4, -0.2) is 0 Å². The Morgan fingerprint density at radius 2 is 1.85 bits per heavy atom. The third kappa shape index (κ3) is 1.86. The molecule has 0 saturated carbocycles. The molecule has 13 heavy (non-hydrogen) atoms. The Morgan fingerprint density at radius 3 is 2.38 bits per heavy atom. The van der Waals surface area contributed by atoms with E-state index < -0.39 is 11.6 Å². The van der Waals surface area contributed by atoms with Crippen molar-refractivity contribution in [3.05, 3.63) is 41.9 Å². The van der Waals surface area contributed by atoms with E-state index in [1.54, 1.807) is 0 Å². The summed E-state index contributed by atoms with van der Waals surface area (Å²) in [6.45, 7) is 1.92. The van der Waals surface area contributed by atoms with Crippen LogP contribution in [0, 0.1) is 18.2 Å². The molecule has 2 rings (SSSR count). The second-order valence-corrected chi connectivity index (χ2v) is 3.20. The number of rotatable bonds is 1. The third-order valence-electron chi connectivity index (χ3n) is 2.21. The standard InChI is InChI=1S/C10H10F2N/c11-8-4-7(5-9(12)6-8)10-2-1-3-13-10/h3-6,10,13H,1-2H2/t10-/m1/s1. The molecular weight excluding hydrogens is 172 g/mol. The lowest BCUT2D eigenvalue weighted by Gasteiger charge is -2.10. The minimum absolute atomic E-state index is 0.0743. The molecule has 1 saturated heterocycles. The number of benzene rings is 1. The lowest BCUT2D eigenvalue weighted by molar-refractivity contribution is 0.567. The van der Waals surface area contributed by atoms with Gasteiger partial charge >= 0.3 is 0 Å². The summed E-state index contributed by atoms with van der Waals surface area (Å²) in [6.07, 6.45) is 1.85. The predicted octanol–water partition coefficient (Wildman–Crippen LogP) is 2.55. The van der Waals surface area contributed by atoms with Crippen LogP contribution in [0.25, 0.3) is 0 Å². The van der Waals surface area contributed by atoms with Crippen molar-refractivity contribution >= 4 is 0 Å². The van der Waals surface area contributed by atoms with Crippen molar-refractivity contribution in [1.29, 1.82) is 0 Å². The fourth-order valence-corrected chi connectivity index (χ4v) is 1.60. The third-order valence-corrected chi connectivity index (χ3v) is 2.21. The van der Waals surface area contributed by atoms with Gasteiger partial charge in [0.25, 0.3) is 0 Å². The Bertz CT molecular complexity index is 286. The fraction of sp³-hybridized carbons (Fsp3) is 0.300. The van der Waals surface area contributed by atoms with Crippen molar-refractivity contribution in [2.24, 2.45) is 0 Å². The van der Waals surface area contributed by atoms with Gasteiger partial charge in [0, 0.05) is 18.7 Å². The summed E-state index contributed by atoms with van der Waals surface area (Å²) >= 11 is 0. The average Bonchev–Trinajstić information content (AvgIpc) is 2.53. The predicted molar refractivity (Wildman–Crippen MR) is 45.8 cm³/mol. The molecule has 1 aliphatic rings. The normalized spacial score (nSPS) is 22.2. The Morgan fingerprint density at radius 1 is 1.15 bits per heavy atom. The van der Waals surface area contributed by atoms with Gasteiger partial charge in [-0.15, -0.1) is 0 Å². The number of hydrogen-bond acceptors (Lipinski definition) is 1. The molecule has 1 aliphatic heterocycles. The van der Waals surface area contributed by atoms with Gasteiger partial charge in [0.2, 0.25) is 0 Å². The minimum atomic E-state index is -0.510. The van der Waals surface area contributed by atoms with Crippen LogP contribution >= 0.6 is 0 Å². The maximum Gasteiger partial charge on any atom is 0.126 e. The van der Waals surface area contributed by atoms with Crippen LogP contribution in [0.2, 0.25) is 0 Å².